The zero-order valence-corrected chi connectivity index (χ0v) is 17.2. The van der Waals surface area contributed by atoms with Crippen molar-refractivity contribution in [2.75, 3.05) is 36.5 Å². The minimum absolute atomic E-state index is 0.230. The average Bonchev–Trinajstić information content (AvgIpc) is 3.23. The Hall–Kier alpha value is -3.13. The molecule has 0 atom stereocenters. The number of anilines is 2. The first kappa shape index (κ1) is 19.2. The van der Waals surface area contributed by atoms with Gasteiger partial charge in [0.1, 0.15) is 19.0 Å². The van der Waals surface area contributed by atoms with E-state index in [0.29, 0.717) is 29.7 Å². The van der Waals surface area contributed by atoms with Crippen LogP contribution in [0, 0.1) is 0 Å². The lowest BCUT2D eigenvalue weighted by Crippen LogP contribution is -2.23. The molecule has 7 nitrogen and oxygen atoms in total. The zero-order chi connectivity index (χ0) is 20.2. The summed E-state index contributed by atoms with van der Waals surface area (Å²) in [7, 11) is 0. The van der Waals surface area contributed by atoms with Gasteiger partial charge in [-0.05, 0) is 44.2 Å². The molecule has 1 aliphatic rings. The molecule has 1 aliphatic heterocycles. The number of thiazole rings is 1. The third-order valence-electron chi connectivity index (χ3n) is 4.66. The predicted molar refractivity (Wildman–Crippen MR) is 114 cm³/mol. The molecule has 0 saturated carbocycles. The smallest absolute Gasteiger partial charge is 0.259 e. The number of fused-ring (bicyclic) bond motifs is 1. The summed E-state index contributed by atoms with van der Waals surface area (Å²) < 4.78 is 11.2. The maximum Gasteiger partial charge on any atom is 0.259 e. The van der Waals surface area contributed by atoms with E-state index in [1.54, 1.807) is 12.3 Å². The number of carbonyl (C=O) groups excluding carboxylic acids is 1. The normalized spacial score (nSPS) is 12.5. The van der Waals surface area contributed by atoms with E-state index in [1.807, 2.05) is 29.6 Å². The van der Waals surface area contributed by atoms with Crippen molar-refractivity contribution in [1.82, 2.24) is 9.97 Å². The molecule has 3 aromatic rings. The molecular formula is C21H22N4O3S. The molecular weight excluding hydrogens is 388 g/mol. The third kappa shape index (κ3) is 4.17. The molecule has 0 spiro atoms. The molecule has 0 saturated heterocycles. The number of pyridine rings is 1. The van der Waals surface area contributed by atoms with E-state index in [-0.39, 0.29) is 5.91 Å². The number of amides is 1. The number of benzene rings is 1. The van der Waals surface area contributed by atoms with Gasteiger partial charge in [0.05, 0.1) is 11.3 Å². The van der Waals surface area contributed by atoms with Crippen molar-refractivity contribution in [2.24, 2.45) is 0 Å². The third-order valence-corrected chi connectivity index (χ3v) is 5.42. The lowest BCUT2D eigenvalue weighted by atomic mass is 10.1. The van der Waals surface area contributed by atoms with Crippen molar-refractivity contribution < 1.29 is 14.3 Å². The summed E-state index contributed by atoms with van der Waals surface area (Å²) in [5.74, 6) is 2.09. The summed E-state index contributed by atoms with van der Waals surface area (Å²) in [6, 6.07) is 9.37. The number of hydrogen-bond acceptors (Lipinski definition) is 7. The monoisotopic (exact) mass is 410 g/mol. The molecule has 1 amide bonds. The number of hydrogen-bond donors (Lipinski definition) is 1. The number of carbonyl (C=O) groups is 1. The molecule has 3 heterocycles. The molecule has 4 rings (SSSR count). The number of aromatic nitrogens is 2. The van der Waals surface area contributed by atoms with E-state index in [1.165, 1.54) is 11.3 Å². The van der Waals surface area contributed by atoms with Gasteiger partial charge in [0.2, 0.25) is 0 Å². The summed E-state index contributed by atoms with van der Waals surface area (Å²) in [5, 5.41) is 5.29. The SMILES string of the molecule is CCN(CC)c1ccc(C(=O)Nc2nc(-c3ccc4c(c3)OCCO4)cs2)cn1. The molecule has 0 unspecified atom stereocenters. The van der Waals surface area contributed by atoms with Gasteiger partial charge in [0.15, 0.2) is 16.6 Å². The fraction of sp³-hybridized carbons (Fsp3) is 0.286. The van der Waals surface area contributed by atoms with Crippen LogP contribution in [0.5, 0.6) is 11.5 Å². The highest BCUT2D eigenvalue weighted by atomic mass is 32.1. The van der Waals surface area contributed by atoms with Crippen molar-refractivity contribution in [3.05, 3.63) is 47.5 Å². The maximum absolute atomic E-state index is 12.5. The van der Waals surface area contributed by atoms with Crippen LogP contribution in [0.1, 0.15) is 24.2 Å². The van der Waals surface area contributed by atoms with Gasteiger partial charge >= 0.3 is 0 Å². The van der Waals surface area contributed by atoms with Gasteiger partial charge in [-0.3, -0.25) is 10.1 Å². The molecule has 1 N–H and O–H groups in total. The van der Waals surface area contributed by atoms with E-state index in [2.05, 4.69) is 34.0 Å². The Morgan fingerprint density at radius 1 is 1.14 bits per heavy atom. The van der Waals surface area contributed by atoms with Crippen molar-refractivity contribution in [3.63, 3.8) is 0 Å². The quantitative estimate of drug-likeness (QED) is 0.660. The van der Waals surface area contributed by atoms with Crippen LogP contribution >= 0.6 is 11.3 Å². The fourth-order valence-electron chi connectivity index (χ4n) is 3.09. The van der Waals surface area contributed by atoms with Crippen LogP contribution in [0.3, 0.4) is 0 Å². The van der Waals surface area contributed by atoms with Gasteiger partial charge in [-0.1, -0.05) is 0 Å². The Morgan fingerprint density at radius 3 is 2.66 bits per heavy atom. The average molecular weight is 410 g/mol. The molecule has 0 bridgehead atoms. The lowest BCUT2D eigenvalue weighted by molar-refractivity contribution is 0.102. The molecule has 0 fully saturated rings. The van der Waals surface area contributed by atoms with Crippen LogP contribution in [0.2, 0.25) is 0 Å². The molecule has 0 radical (unpaired) electrons. The minimum atomic E-state index is -0.230. The van der Waals surface area contributed by atoms with E-state index < -0.39 is 0 Å². The highest BCUT2D eigenvalue weighted by molar-refractivity contribution is 7.14. The maximum atomic E-state index is 12.5. The van der Waals surface area contributed by atoms with Crippen LogP contribution in [0.25, 0.3) is 11.3 Å². The molecule has 0 aliphatic carbocycles. The number of nitrogens with one attached hydrogen (secondary N) is 1. The van der Waals surface area contributed by atoms with E-state index in [4.69, 9.17) is 9.47 Å². The topological polar surface area (TPSA) is 76.6 Å². The second kappa shape index (κ2) is 8.48. The molecule has 29 heavy (non-hydrogen) atoms. The Kier molecular flexibility index (Phi) is 5.62. The first-order valence-corrected chi connectivity index (χ1v) is 10.4. The van der Waals surface area contributed by atoms with Crippen molar-refractivity contribution in [2.45, 2.75) is 13.8 Å². The summed E-state index contributed by atoms with van der Waals surface area (Å²) in [4.78, 5) is 23.6. The molecule has 150 valence electrons. The molecule has 1 aromatic carbocycles. The predicted octanol–water partition coefficient (Wildman–Crippen LogP) is 4.07. The van der Waals surface area contributed by atoms with Crippen LogP contribution in [0.4, 0.5) is 10.9 Å². The summed E-state index contributed by atoms with van der Waals surface area (Å²) in [6.07, 6.45) is 1.60. The largest absolute Gasteiger partial charge is 0.486 e. The van der Waals surface area contributed by atoms with Crippen molar-refractivity contribution >= 4 is 28.2 Å². The first-order valence-electron chi connectivity index (χ1n) is 9.55. The Morgan fingerprint density at radius 2 is 1.93 bits per heavy atom. The molecule has 8 heteroatoms. The van der Waals surface area contributed by atoms with E-state index >= 15 is 0 Å². The van der Waals surface area contributed by atoms with E-state index in [9.17, 15) is 4.79 Å². The Labute approximate surface area is 173 Å². The summed E-state index contributed by atoms with van der Waals surface area (Å²) in [5.41, 5.74) is 2.19. The first-order chi connectivity index (χ1) is 14.2. The zero-order valence-electron chi connectivity index (χ0n) is 16.3. The number of ether oxygens (including phenoxy) is 2. The van der Waals surface area contributed by atoms with Crippen LogP contribution in [0.15, 0.2) is 41.9 Å². The van der Waals surface area contributed by atoms with Crippen LogP contribution in [-0.2, 0) is 0 Å². The van der Waals surface area contributed by atoms with Gasteiger partial charge in [0.25, 0.3) is 5.91 Å². The lowest BCUT2D eigenvalue weighted by Gasteiger charge is -2.19. The second-order valence-corrected chi connectivity index (χ2v) is 7.29. The Bertz CT molecular complexity index is 999. The van der Waals surface area contributed by atoms with Crippen molar-refractivity contribution in [1.29, 1.82) is 0 Å². The van der Waals surface area contributed by atoms with Crippen LogP contribution in [-0.4, -0.2) is 42.2 Å². The fourth-order valence-corrected chi connectivity index (χ4v) is 3.81. The summed E-state index contributed by atoms with van der Waals surface area (Å²) in [6.45, 7) is 6.99. The summed E-state index contributed by atoms with van der Waals surface area (Å²) >= 11 is 1.38. The standard InChI is InChI=1S/C21H22N4O3S/c1-3-25(4-2)19-8-6-15(12-22-19)20(26)24-21-23-16(13-29-21)14-5-7-17-18(11-14)28-10-9-27-17/h5-8,11-13H,3-4,9-10H2,1-2H3,(H,23,24,26). The van der Waals surface area contributed by atoms with Crippen LogP contribution < -0.4 is 19.7 Å². The number of nitrogens with zero attached hydrogens (tertiary/aromatic N) is 3. The number of rotatable bonds is 6. The minimum Gasteiger partial charge on any atom is -0.486 e. The highest BCUT2D eigenvalue weighted by Gasteiger charge is 2.15. The van der Waals surface area contributed by atoms with Gasteiger partial charge in [-0.15, -0.1) is 11.3 Å². The second-order valence-electron chi connectivity index (χ2n) is 6.43. The highest BCUT2D eigenvalue weighted by Crippen LogP contribution is 2.35. The van der Waals surface area contributed by atoms with E-state index in [0.717, 1.165) is 35.9 Å². The van der Waals surface area contributed by atoms with Crippen molar-refractivity contribution in [3.8, 4) is 22.8 Å². The molecule has 2 aromatic heterocycles. The van der Waals surface area contributed by atoms with Gasteiger partial charge < -0.3 is 14.4 Å². The Balaban J connectivity index is 1.45. The van der Waals surface area contributed by atoms with Gasteiger partial charge in [-0.25, -0.2) is 9.97 Å². The van der Waals surface area contributed by atoms with Gasteiger partial charge in [-0.2, -0.15) is 0 Å². The van der Waals surface area contributed by atoms with Gasteiger partial charge in [0, 0.05) is 30.2 Å².